The van der Waals surface area contributed by atoms with Gasteiger partial charge in [-0.25, -0.2) is 9.18 Å². The highest BCUT2D eigenvalue weighted by Crippen LogP contribution is 2.30. The van der Waals surface area contributed by atoms with Crippen LogP contribution in [0.2, 0.25) is 0 Å². The van der Waals surface area contributed by atoms with Gasteiger partial charge in [0, 0.05) is 48.8 Å². The lowest BCUT2D eigenvalue weighted by molar-refractivity contribution is -0.144. The molecule has 1 aliphatic rings. The number of nitrogens with zero attached hydrogens (tertiary/aromatic N) is 2. The molecule has 1 fully saturated rings. The number of carboxylic acid groups (broad SMARTS) is 1. The number of carbonyl (C=O) groups excluding carboxylic acids is 1. The van der Waals surface area contributed by atoms with Crippen LogP contribution in [0.1, 0.15) is 32.4 Å². The van der Waals surface area contributed by atoms with Crippen LogP contribution in [0.4, 0.5) is 9.18 Å². The maximum atomic E-state index is 13.4. The van der Waals surface area contributed by atoms with E-state index in [1.807, 2.05) is 25.7 Å². The summed E-state index contributed by atoms with van der Waals surface area (Å²) in [5.74, 6) is -1.36. The number of ether oxygens (including phenoxy) is 1. The number of amides is 1. The van der Waals surface area contributed by atoms with Gasteiger partial charge in [-0.05, 0) is 39.0 Å². The summed E-state index contributed by atoms with van der Waals surface area (Å²) in [4.78, 5) is 30.5. The first-order valence-electron chi connectivity index (χ1n) is 8.87. The van der Waals surface area contributed by atoms with Gasteiger partial charge in [-0.1, -0.05) is 0 Å². The molecule has 1 amide bonds. The summed E-state index contributed by atoms with van der Waals surface area (Å²) >= 11 is 0. The van der Waals surface area contributed by atoms with E-state index in [0.717, 1.165) is 0 Å². The molecule has 3 rings (SSSR count). The van der Waals surface area contributed by atoms with Gasteiger partial charge >= 0.3 is 12.1 Å². The lowest BCUT2D eigenvalue weighted by atomic mass is 10.0. The molecule has 27 heavy (non-hydrogen) atoms. The third-order valence-corrected chi connectivity index (χ3v) is 4.54. The van der Waals surface area contributed by atoms with Crippen molar-refractivity contribution in [2.24, 2.45) is 0 Å². The van der Waals surface area contributed by atoms with Gasteiger partial charge in [0.15, 0.2) is 0 Å². The molecule has 0 radical (unpaired) electrons. The standard InChI is InChI=1S/C19H24FN3O4/c1-19(2,3)27-18(26)23-8-6-22(7-9-23)16(17(24)25)14-11-21-15-10-12(20)4-5-13(14)15/h4-5,10-11,16,21H,6-9H2,1-3H3,(H,24,25)/t16-/m0/s1. The molecule has 1 aliphatic heterocycles. The van der Waals surface area contributed by atoms with E-state index in [2.05, 4.69) is 4.98 Å². The fraction of sp³-hybridized carbons (Fsp3) is 0.474. The zero-order valence-corrected chi connectivity index (χ0v) is 15.7. The van der Waals surface area contributed by atoms with Crippen LogP contribution in [-0.2, 0) is 9.53 Å². The van der Waals surface area contributed by atoms with Gasteiger partial charge in [-0.15, -0.1) is 0 Å². The van der Waals surface area contributed by atoms with Crippen molar-refractivity contribution in [2.75, 3.05) is 26.2 Å². The van der Waals surface area contributed by atoms with Gasteiger partial charge in [0.05, 0.1) is 0 Å². The summed E-state index contributed by atoms with van der Waals surface area (Å²) in [5.41, 5.74) is 0.573. The summed E-state index contributed by atoms with van der Waals surface area (Å²) in [7, 11) is 0. The number of hydrogen-bond donors (Lipinski definition) is 2. The van der Waals surface area contributed by atoms with Gasteiger partial charge in [0.25, 0.3) is 0 Å². The number of aliphatic carboxylic acids is 1. The van der Waals surface area contributed by atoms with Crippen LogP contribution >= 0.6 is 0 Å². The minimum Gasteiger partial charge on any atom is -0.480 e. The van der Waals surface area contributed by atoms with Crippen molar-refractivity contribution in [3.05, 3.63) is 35.8 Å². The molecule has 1 aromatic carbocycles. The molecule has 1 atom stereocenters. The summed E-state index contributed by atoms with van der Waals surface area (Å²) in [6.07, 6.45) is 1.22. The van der Waals surface area contributed by atoms with E-state index >= 15 is 0 Å². The molecule has 0 unspecified atom stereocenters. The van der Waals surface area contributed by atoms with E-state index in [1.165, 1.54) is 12.1 Å². The maximum Gasteiger partial charge on any atom is 0.410 e. The molecule has 1 saturated heterocycles. The Labute approximate surface area is 156 Å². The number of carbonyl (C=O) groups is 2. The van der Waals surface area contributed by atoms with Gasteiger partial charge < -0.3 is 19.7 Å². The van der Waals surface area contributed by atoms with Crippen molar-refractivity contribution >= 4 is 23.0 Å². The molecular formula is C19H24FN3O4. The van der Waals surface area contributed by atoms with Crippen molar-refractivity contribution in [1.29, 1.82) is 0 Å². The van der Waals surface area contributed by atoms with Gasteiger partial charge in [-0.2, -0.15) is 0 Å². The van der Waals surface area contributed by atoms with Gasteiger partial charge in [0.2, 0.25) is 0 Å². The molecule has 0 aliphatic carbocycles. The highest BCUT2D eigenvalue weighted by atomic mass is 19.1. The van der Waals surface area contributed by atoms with E-state index in [-0.39, 0.29) is 5.82 Å². The van der Waals surface area contributed by atoms with Crippen LogP contribution in [0, 0.1) is 5.82 Å². The second-order valence-corrected chi connectivity index (χ2v) is 7.68. The van der Waals surface area contributed by atoms with Crippen molar-refractivity contribution < 1.29 is 23.8 Å². The van der Waals surface area contributed by atoms with Crippen LogP contribution in [0.3, 0.4) is 0 Å². The fourth-order valence-corrected chi connectivity index (χ4v) is 3.32. The average molecular weight is 377 g/mol. The quantitative estimate of drug-likeness (QED) is 0.859. The Morgan fingerprint density at radius 2 is 1.89 bits per heavy atom. The minimum absolute atomic E-state index is 0.381. The first kappa shape index (κ1) is 19.2. The predicted octanol–water partition coefficient (Wildman–Crippen LogP) is 2.99. The normalized spacial score (nSPS) is 17.1. The van der Waals surface area contributed by atoms with Crippen LogP contribution in [0.5, 0.6) is 0 Å². The van der Waals surface area contributed by atoms with E-state index in [1.54, 1.807) is 17.2 Å². The zero-order chi connectivity index (χ0) is 19.8. The molecule has 2 heterocycles. The molecule has 0 bridgehead atoms. The van der Waals surface area contributed by atoms with E-state index < -0.39 is 23.7 Å². The van der Waals surface area contributed by atoms with E-state index in [0.29, 0.717) is 42.6 Å². The first-order chi connectivity index (χ1) is 12.7. The first-order valence-corrected chi connectivity index (χ1v) is 8.87. The maximum absolute atomic E-state index is 13.4. The monoisotopic (exact) mass is 377 g/mol. The molecule has 2 aromatic rings. The number of rotatable bonds is 3. The lowest BCUT2D eigenvalue weighted by Gasteiger charge is -2.38. The number of fused-ring (bicyclic) bond motifs is 1. The predicted molar refractivity (Wildman–Crippen MR) is 98.0 cm³/mol. The number of halogens is 1. The van der Waals surface area contributed by atoms with Crippen LogP contribution < -0.4 is 0 Å². The van der Waals surface area contributed by atoms with Crippen molar-refractivity contribution in [3.63, 3.8) is 0 Å². The summed E-state index contributed by atoms with van der Waals surface area (Å²) in [5, 5.41) is 10.5. The number of nitrogens with one attached hydrogen (secondary N) is 1. The SMILES string of the molecule is CC(C)(C)OC(=O)N1CCN([C@H](C(=O)O)c2c[nH]c3cc(F)ccc23)CC1. The second kappa shape index (κ2) is 7.19. The highest BCUT2D eigenvalue weighted by Gasteiger charge is 2.34. The van der Waals surface area contributed by atoms with E-state index in [9.17, 15) is 19.1 Å². The topological polar surface area (TPSA) is 85.9 Å². The van der Waals surface area contributed by atoms with Crippen molar-refractivity contribution in [3.8, 4) is 0 Å². The molecule has 2 N–H and O–H groups in total. The van der Waals surface area contributed by atoms with Gasteiger partial charge in [-0.3, -0.25) is 9.69 Å². The molecule has 146 valence electrons. The molecule has 7 nitrogen and oxygen atoms in total. The third-order valence-electron chi connectivity index (χ3n) is 4.54. The van der Waals surface area contributed by atoms with Crippen LogP contribution in [0.15, 0.2) is 24.4 Å². The lowest BCUT2D eigenvalue weighted by Crippen LogP contribution is -2.51. The largest absolute Gasteiger partial charge is 0.480 e. The number of aromatic amines is 1. The smallest absolute Gasteiger partial charge is 0.410 e. The Bertz CT molecular complexity index is 850. The van der Waals surface area contributed by atoms with Crippen molar-refractivity contribution in [2.45, 2.75) is 32.4 Å². The number of carboxylic acids is 1. The number of H-pyrrole nitrogens is 1. The fourth-order valence-electron chi connectivity index (χ4n) is 3.32. The zero-order valence-electron chi connectivity index (χ0n) is 15.7. The number of aromatic nitrogens is 1. The average Bonchev–Trinajstić information content (AvgIpc) is 2.96. The number of benzene rings is 1. The third kappa shape index (κ3) is 4.21. The van der Waals surface area contributed by atoms with Gasteiger partial charge in [0.1, 0.15) is 17.5 Å². The Morgan fingerprint density at radius 1 is 1.22 bits per heavy atom. The molecular weight excluding hydrogens is 353 g/mol. The Kier molecular flexibility index (Phi) is 5.10. The summed E-state index contributed by atoms with van der Waals surface area (Å²) < 4.78 is 18.8. The Hall–Kier alpha value is -2.61. The molecule has 0 saturated carbocycles. The minimum atomic E-state index is -0.981. The Balaban J connectivity index is 1.76. The van der Waals surface area contributed by atoms with Crippen LogP contribution in [-0.4, -0.2) is 63.7 Å². The summed E-state index contributed by atoms with van der Waals surface area (Å²) in [6.45, 7) is 7.00. The number of piperazine rings is 1. The second-order valence-electron chi connectivity index (χ2n) is 7.68. The van der Waals surface area contributed by atoms with Crippen molar-refractivity contribution in [1.82, 2.24) is 14.8 Å². The molecule has 0 spiro atoms. The molecule has 1 aromatic heterocycles. The van der Waals surface area contributed by atoms with Crippen LogP contribution in [0.25, 0.3) is 10.9 Å². The number of hydrogen-bond acceptors (Lipinski definition) is 4. The van der Waals surface area contributed by atoms with E-state index in [4.69, 9.17) is 4.74 Å². The Morgan fingerprint density at radius 3 is 2.48 bits per heavy atom. The molecule has 8 heteroatoms. The summed E-state index contributed by atoms with van der Waals surface area (Å²) in [6, 6.07) is 3.38. The highest BCUT2D eigenvalue weighted by molar-refractivity contribution is 5.89.